The van der Waals surface area contributed by atoms with Crippen molar-refractivity contribution < 1.29 is 14.3 Å². The van der Waals surface area contributed by atoms with Gasteiger partial charge in [-0.25, -0.2) is 4.98 Å². The number of nitrogens with one attached hydrogen (secondary N) is 1. The second-order valence-electron chi connectivity index (χ2n) is 8.00. The standard InChI is InChI=1S/C25H26ClN3O3S/c1-16-23(33-17(2)28-16)25(31)29(20-11-6-10-19(26)14-20)22(18-8-4-3-5-9-18)24(30)27-15-21-12-7-13-32-21/h3-6,8-11,14,21-22H,7,12-13,15H2,1-2H3,(H,27,30)/t21-,22-/m1/s1. The summed E-state index contributed by atoms with van der Waals surface area (Å²) >= 11 is 7.61. The number of aromatic nitrogens is 1. The monoisotopic (exact) mass is 483 g/mol. The molecule has 1 fully saturated rings. The van der Waals surface area contributed by atoms with Gasteiger partial charge in [-0.2, -0.15) is 0 Å². The molecule has 33 heavy (non-hydrogen) atoms. The lowest BCUT2D eigenvalue weighted by Gasteiger charge is -2.31. The topological polar surface area (TPSA) is 71.5 Å². The Bertz CT molecular complexity index is 1130. The highest BCUT2D eigenvalue weighted by Crippen LogP contribution is 2.33. The number of rotatable bonds is 7. The van der Waals surface area contributed by atoms with Crippen LogP contribution in [0.1, 0.15) is 44.8 Å². The van der Waals surface area contributed by atoms with E-state index < -0.39 is 6.04 Å². The Hall–Kier alpha value is -2.74. The first-order chi connectivity index (χ1) is 15.9. The van der Waals surface area contributed by atoms with Gasteiger partial charge in [0, 0.05) is 23.9 Å². The van der Waals surface area contributed by atoms with Crippen LogP contribution < -0.4 is 10.2 Å². The smallest absolute Gasteiger partial charge is 0.271 e. The molecule has 8 heteroatoms. The summed E-state index contributed by atoms with van der Waals surface area (Å²) in [5.41, 5.74) is 1.88. The third-order valence-corrected chi connectivity index (χ3v) is 6.85. The van der Waals surface area contributed by atoms with Crippen LogP contribution in [0.15, 0.2) is 54.6 Å². The minimum Gasteiger partial charge on any atom is -0.376 e. The molecule has 3 aromatic rings. The fourth-order valence-electron chi connectivity index (χ4n) is 4.02. The number of aryl methyl sites for hydroxylation is 2. The molecular formula is C25H26ClN3O3S. The normalized spacial score (nSPS) is 16.4. The number of carbonyl (C=O) groups is 2. The predicted octanol–water partition coefficient (Wildman–Crippen LogP) is 5.10. The maximum atomic E-state index is 13.9. The highest BCUT2D eigenvalue weighted by molar-refractivity contribution is 7.13. The van der Waals surface area contributed by atoms with E-state index in [0.717, 1.165) is 17.8 Å². The predicted molar refractivity (Wildman–Crippen MR) is 131 cm³/mol. The summed E-state index contributed by atoms with van der Waals surface area (Å²) in [6, 6.07) is 15.4. The lowest BCUT2D eigenvalue weighted by molar-refractivity contribution is -0.123. The molecule has 2 atom stereocenters. The lowest BCUT2D eigenvalue weighted by atomic mass is 10.0. The fourth-order valence-corrected chi connectivity index (χ4v) is 5.06. The summed E-state index contributed by atoms with van der Waals surface area (Å²) in [7, 11) is 0. The van der Waals surface area contributed by atoms with Gasteiger partial charge in [0.2, 0.25) is 5.91 Å². The Balaban J connectivity index is 1.77. The zero-order valence-corrected chi connectivity index (χ0v) is 20.2. The molecule has 1 N–H and O–H groups in total. The summed E-state index contributed by atoms with van der Waals surface area (Å²) in [5.74, 6) is -0.564. The number of carbonyl (C=O) groups excluding carboxylic acids is 2. The highest BCUT2D eigenvalue weighted by atomic mass is 35.5. The second kappa shape index (κ2) is 10.5. The second-order valence-corrected chi connectivity index (χ2v) is 9.64. The van der Waals surface area contributed by atoms with Gasteiger partial charge in [0.15, 0.2) is 0 Å². The Morgan fingerprint density at radius 1 is 1.21 bits per heavy atom. The molecule has 1 saturated heterocycles. The van der Waals surface area contributed by atoms with E-state index in [9.17, 15) is 9.59 Å². The molecule has 4 rings (SSSR count). The molecule has 2 aromatic carbocycles. The van der Waals surface area contributed by atoms with E-state index in [0.29, 0.717) is 40.0 Å². The van der Waals surface area contributed by atoms with Crippen molar-refractivity contribution in [1.82, 2.24) is 10.3 Å². The zero-order chi connectivity index (χ0) is 23.4. The van der Waals surface area contributed by atoms with Crippen molar-refractivity contribution in [2.24, 2.45) is 0 Å². The molecular weight excluding hydrogens is 458 g/mol. The van der Waals surface area contributed by atoms with E-state index in [-0.39, 0.29) is 17.9 Å². The maximum Gasteiger partial charge on any atom is 0.271 e. The molecule has 1 aliphatic heterocycles. The molecule has 0 unspecified atom stereocenters. The molecule has 0 spiro atoms. The fraction of sp³-hybridized carbons (Fsp3) is 0.320. The van der Waals surface area contributed by atoms with E-state index in [1.54, 1.807) is 24.3 Å². The summed E-state index contributed by atoms with van der Waals surface area (Å²) in [6.07, 6.45) is 1.89. The van der Waals surface area contributed by atoms with Crippen molar-refractivity contribution in [2.75, 3.05) is 18.1 Å². The Morgan fingerprint density at radius 3 is 2.64 bits per heavy atom. The van der Waals surface area contributed by atoms with Gasteiger partial charge < -0.3 is 10.1 Å². The number of halogens is 1. The molecule has 0 aliphatic carbocycles. The highest BCUT2D eigenvalue weighted by Gasteiger charge is 2.35. The van der Waals surface area contributed by atoms with Crippen molar-refractivity contribution in [2.45, 2.75) is 38.8 Å². The summed E-state index contributed by atoms with van der Waals surface area (Å²) in [4.78, 5) is 34.0. The van der Waals surface area contributed by atoms with Gasteiger partial charge in [-0.15, -0.1) is 11.3 Å². The van der Waals surface area contributed by atoms with Gasteiger partial charge in [-0.05, 0) is 50.5 Å². The van der Waals surface area contributed by atoms with E-state index in [4.69, 9.17) is 16.3 Å². The summed E-state index contributed by atoms with van der Waals surface area (Å²) in [6.45, 7) is 4.78. The number of anilines is 1. The number of amides is 2. The Kier molecular flexibility index (Phi) is 7.42. The van der Waals surface area contributed by atoms with Gasteiger partial charge in [0.25, 0.3) is 5.91 Å². The molecule has 1 aromatic heterocycles. The number of ether oxygens (including phenoxy) is 1. The van der Waals surface area contributed by atoms with Crippen LogP contribution in [0.25, 0.3) is 0 Å². The van der Waals surface area contributed by atoms with Crippen LogP contribution in [0, 0.1) is 13.8 Å². The molecule has 2 amide bonds. The number of hydrogen-bond donors (Lipinski definition) is 1. The third-order valence-electron chi connectivity index (χ3n) is 5.55. The SMILES string of the molecule is Cc1nc(C)c(C(=O)N(c2cccc(Cl)c2)[C@@H](C(=O)NC[C@H]2CCCO2)c2ccccc2)s1. The first kappa shape index (κ1) is 23.4. The quantitative estimate of drug-likeness (QED) is 0.507. The Morgan fingerprint density at radius 2 is 2.00 bits per heavy atom. The van der Waals surface area contributed by atoms with E-state index in [1.165, 1.54) is 16.2 Å². The first-order valence-electron chi connectivity index (χ1n) is 10.9. The molecule has 0 saturated carbocycles. The first-order valence-corrected chi connectivity index (χ1v) is 12.1. The van der Waals surface area contributed by atoms with Crippen LogP contribution >= 0.6 is 22.9 Å². The van der Waals surface area contributed by atoms with Crippen molar-refractivity contribution in [1.29, 1.82) is 0 Å². The van der Waals surface area contributed by atoms with Crippen molar-refractivity contribution >= 4 is 40.4 Å². The third kappa shape index (κ3) is 5.43. The minimum atomic E-state index is -0.889. The molecule has 0 radical (unpaired) electrons. The number of nitrogens with zero attached hydrogens (tertiary/aromatic N) is 2. The van der Waals surface area contributed by atoms with Gasteiger partial charge in [0.1, 0.15) is 10.9 Å². The molecule has 1 aliphatic rings. The summed E-state index contributed by atoms with van der Waals surface area (Å²) in [5, 5.41) is 4.28. The van der Waals surface area contributed by atoms with Crippen LogP contribution in [0.4, 0.5) is 5.69 Å². The van der Waals surface area contributed by atoms with Crippen LogP contribution in [0.5, 0.6) is 0 Å². The van der Waals surface area contributed by atoms with E-state index in [1.807, 2.05) is 44.2 Å². The molecule has 2 heterocycles. The van der Waals surface area contributed by atoms with Crippen molar-refractivity contribution in [3.05, 3.63) is 80.8 Å². The number of thiazole rings is 1. The molecule has 6 nitrogen and oxygen atoms in total. The Labute approximate surface area is 202 Å². The largest absolute Gasteiger partial charge is 0.376 e. The van der Waals surface area contributed by atoms with Crippen LogP contribution in [0.3, 0.4) is 0 Å². The summed E-state index contributed by atoms with van der Waals surface area (Å²) < 4.78 is 5.67. The molecule has 172 valence electrons. The average Bonchev–Trinajstić information content (AvgIpc) is 3.45. The van der Waals surface area contributed by atoms with Crippen LogP contribution in [-0.2, 0) is 9.53 Å². The minimum absolute atomic E-state index is 0.00733. The van der Waals surface area contributed by atoms with E-state index >= 15 is 0 Å². The van der Waals surface area contributed by atoms with Gasteiger partial charge in [-0.3, -0.25) is 14.5 Å². The maximum absolute atomic E-state index is 13.9. The number of benzene rings is 2. The zero-order valence-electron chi connectivity index (χ0n) is 18.6. The van der Waals surface area contributed by atoms with Crippen LogP contribution in [0.2, 0.25) is 5.02 Å². The van der Waals surface area contributed by atoms with Crippen LogP contribution in [-0.4, -0.2) is 36.1 Å². The lowest BCUT2D eigenvalue weighted by Crippen LogP contribution is -2.45. The van der Waals surface area contributed by atoms with Gasteiger partial charge in [0.05, 0.1) is 16.8 Å². The molecule has 0 bridgehead atoms. The van der Waals surface area contributed by atoms with Gasteiger partial charge in [-0.1, -0.05) is 48.0 Å². The van der Waals surface area contributed by atoms with Crippen molar-refractivity contribution in [3.8, 4) is 0 Å². The average molecular weight is 484 g/mol. The van der Waals surface area contributed by atoms with Gasteiger partial charge >= 0.3 is 0 Å². The number of hydrogen-bond acceptors (Lipinski definition) is 5. The van der Waals surface area contributed by atoms with E-state index in [2.05, 4.69) is 10.3 Å². The van der Waals surface area contributed by atoms with Crippen molar-refractivity contribution in [3.63, 3.8) is 0 Å².